The van der Waals surface area contributed by atoms with Crippen molar-refractivity contribution in [3.63, 3.8) is 0 Å². The van der Waals surface area contributed by atoms with Crippen molar-refractivity contribution < 1.29 is 24.1 Å². The molecular formula is C21H24N2O5. The maximum Gasteiger partial charge on any atom is 0.284 e. The maximum absolute atomic E-state index is 12.4. The minimum Gasteiger partial charge on any atom is -0.504 e. The number of fused-ring (bicyclic) bond motifs is 1. The second-order valence-corrected chi connectivity index (χ2v) is 7.49. The van der Waals surface area contributed by atoms with Gasteiger partial charge in [-0.15, -0.1) is 0 Å². The first kappa shape index (κ1) is 19.5. The van der Waals surface area contributed by atoms with E-state index < -0.39 is 12.0 Å². The zero-order valence-electron chi connectivity index (χ0n) is 16.4. The molecule has 0 bridgehead atoms. The van der Waals surface area contributed by atoms with E-state index in [0.717, 1.165) is 5.56 Å². The average Bonchev–Trinajstić information content (AvgIpc) is 2.67. The van der Waals surface area contributed by atoms with Crippen LogP contribution in [0.1, 0.15) is 31.9 Å². The summed E-state index contributed by atoms with van der Waals surface area (Å²) in [6, 6.07) is 10.5. The summed E-state index contributed by atoms with van der Waals surface area (Å²) in [5, 5.41) is 13.5. The van der Waals surface area contributed by atoms with Crippen LogP contribution < -0.4 is 19.6 Å². The minimum atomic E-state index is -0.797. The average molecular weight is 384 g/mol. The highest BCUT2D eigenvalue weighted by molar-refractivity contribution is 5.85. The van der Waals surface area contributed by atoms with Crippen LogP contribution in [0.25, 0.3) is 0 Å². The molecule has 28 heavy (non-hydrogen) atoms. The predicted molar refractivity (Wildman–Crippen MR) is 105 cm³/mol. The lowest BCUT2D eigenvalue weighted by atomic mass is 9.87. The predicted octanol–water partition coefficient (Wildman–Crippen LogP) is 2.99. The third-order valence-electron chi connectivity index (χ3n) is 4.35. The zero-order chi connectivity index (χ0) is 20.3. The Morgan fingerprint density at radius 1 is 1.25 bits per heavy atom. The summed E-state index contributed by atoms with van der Waals surface area (Å²) in [5.41, 5.74) is 4.17. The van der Waals surface area contributed by atoms with Crippen molar-refractivity contribution in [1.29, 1.82) is 0 Å². The second kappa shape index (κ2) is 7.80. The number of hydrogen-bond acceptors (Lipinski definition) is 6. The molecule has 0 radical (unpaired) electrons. The Morgan fingerprint density at radius 2 is 2.04 bits per heavy atom. The summed E-state index contributed by atoms with van der Waals surface area (Å²) < 4.78 is 16.5. The standard InChI is InChI=1S/C21H24N2O5/c1-21(2,3)14-6-8-16-18(10-14)28-19(12-27-16)20(25)23-22-11-13-5-7-15(24)17(9-13)26-4/h5-11,19,24H,12H2,1-4H3,(H,23,25)/b22-11+/t19-/m0/s1. The number of aromatic hydroxyl groups is 1. The molecule has 0 spiro atoms. The molecule has 7 nitrogen and oxygen atoms in total. The van der Waals surface area contributed by atoms with E-state index >= 15 is 0 Å². The highest BCUT2D eigenvalue weighted by Gasteiger charge is 2.28. The molecule has 0 unspecified atom stereocenters. The molecule has 0 fully saturated rings. The monoisotopic (exact) mass is 384 g/mol. The molecule has 0 aliphatic carbocycles. The van der Waals surface area contributed by atoms with Gasteiger partial charge in [-0.05, 0) is 46.9 Å². The van der Waals surface area contributed by atoms with Gasteiger partial charge in [-0.2, -0.15) is 5.10 Å². The number of ether oxygens (including phenoxy) is 3. The topological polar surface area (TPSA) is 89.4 Å². The first-order valence-electron chi connectivity index (χ1n) is 8.92. The highest BCUT2D eigenvalue weighted by atomic mass is 16.6. The normalized spacial score (nSPS) is 16.1. The summed E-state index contributed by atoms with van der Waals surface area (Å²) in [6.07, 6.45) is 0.657. The SMILES string of the molecule is COc1cc(/C=N/NC(=O)[C@@H]2COc3ccc(C(C)(C)C)cc3O2)ccc1O. The van der Waals surface area contributed by atoms with Gasteiger partial charge >= 0.3 is 0 Å². The van der Waals surface area contributed by atoms with Gasteiger partial charge in [0, 0.05) is 0 Å². The first-order valence-corrected chi connectivity index (χ1v) is 8.92. The molecular weight excluding hydrogens is 360 g/mol. The van der Waals surface area contributed by atoms with Crippen LogP contribution in [0.3, 0.4) is 0 Å². The van der Waals surface area contributed by atoms with Crippen LogP contribution in [0.2, 0.25) is 0 Å². The number of phenolic OH excluding ortho intramolecular Hbond substituents is 1. The first-order chi connectivity index (χ1) is 13.3. The Morgan fingerprint density at radius 3 is 2.75 bits per heavy atom. The summed E-state index contributed by atoms with van der Waals surface area (Å²) >= 11 is 0. The van der Waals surface area contributed by atoms with Gasteiger partial charge in [-0.25, -0.2) is 5.43 Å². The molecule has 2 N–H and O–H groups in total. The number of rotatable bonds is 4. The second-order valence-electron chi connectivity index (χ2n) is 7.49. The van der Waals surface area contributed by atoms with Gasteiger partial charge in [0.25, 0.3) is 5.91 Å². The van der Waals surface area contributed by atoms with Gasteiger partial charge < -0.3 is 19.3 Å². The van der Waals surface area contributed by atoms with E-state index in [0.29, 0.717) is 22.8 Å². The van der Waals surface area contributed by atoms with E-state index in [-0.39, 0.29) is 17.8 Å². The van der Waals surface area contributed by atoms with Crippen LogP contribution in [0, 0.1) is 0 Å². The number of amides is 1. The summed E-state index contributed by atoms with van der Waals surface area (Å²) in [4.78, 5) is 12.4. The minimum absolute atomic E-state index is 0.0322. The number of methoxy groups -OCH3 is 1. The van der Waals surface area contributed by atoms with Gasteiger partial charge in [0.1, 0.15) is 6.61 Å². The molecule has 148 valence electrons. The highest BCUT2D eigenvalue weighted by Crippen LogP contribution is 2.36. The molecule has 2 aromatic carbocycles. The Labute approximate surface area is 163 Å². The molecule has 1 atom stereocenters. The Kier molecular flexibility index (Phi) is 5.44. The van der Waals surface area contributed by atoms with Gasteiger partial charge in [0.15, 0.2) is 23.0 Å². The quantitative estimate of drug-likeness (QED) is 0.625. The van der Waals surface area contributed by atoms with Crippen molar-refractivity contribution >= 4 is 12.1 Å². The van der Waals surface area contributed by atoms with Gasteiger partial charge in [-0.3, -0.25) is 4.79 Å². The van der Waals surface area contributed by atoms with Crippen molar-refractivity contribution in [1.82, 2.24) is 5.43 Å². The fourth-order valence-electron chi connectivity index (χ4n) is 2.68. The smallest absolute Gasteiger partial charge is 0.284 e. The van der Waals surface area contributed by atoms with E-state index in [1.165, 1.54) is 19.4 Å². The summed E-state index contributed by atoms with van der Waals surface area (Å²) in [5.74, 6) is 1.12. The van der Waals surface area contributed by atoms with Crippen LogP contribution >= 0.6 is 0 Å². The van der Waals surface area contributed by atoms with Crippen molar-refractivity contribution in [2.75, 3.05) is 13.7 Å². The number of hydrazone groups is 1. The third-order valence-corrected chi connectivity index (χ3v) is 4.35. The van der Waals surface area contributed by atoms with Gasteiger partial charge in [0.2, 0.25) is 6.10 Å². The number of hydrogen-bond donors (Lipinski definition) is 2. The molecule has 1 amide bonds. The lowest BCUT2D eigenvalue weighted by molar-refractivity contribution is -0.130. The van der Waals surface area contributed by atoms with Gasteiger partial charge in [0.05, 0.1) is 13.3 Å². The Balaban J connectivity index is 1.64. The molecule has 1 aliphatic rings. The summed E-state index contributed by atoms with van der Waals surface area (Å²) in [6.45, 7) is 6.43. The third kappa shape index (κ3) is 4.36. The largest absolute Gasteiger partial charge is 0.504 e. The fraction of sp³-hybridized carbons (Fsp3) is 0.333. The van der Waals surface area contributed by atoms with E-state index in [2.05, 4.69) is 31.3 Å². The van der Waals surface area contributed by atoms with Crippen LogP contribution in [-0.2, 0) is 10.2 Å². The molecule has 7 heteroatoms. The molecule has 0 saturated heterocycles. The molecule has 3 rings (SSSR count). The van der Waals surface area contributed by atoms with Crippen LogP contribution in [0.4, 0.5) is 0 Å². The summed E-state index contributed by atoms with van der Waals surface area (Å²) in [7, 11) is 1.46. The van der Waals surface area contributed by atoms with Gasteiger partial charge in [-0.1, -0.05) is 26.8 Å². The van der Waals surface area contributed by atoms with Crippen LogP contribution in [0.5, 0.6) is 23.0 Å². The lowest BCUT2D eigenvalue weighted by Crippen LogP contribution is -2.42. The van der Waals surface area contributed by atoms with Crippen molar-refractivity contribution in [3.05, 3.63) is 47.5 Å². The lowest BCUT2D eigenvalue weighted by Gasteiger charge is -2.27. The van der Waals surface area contributed by atoms with Crippen LogP contribution in [0.15, 0.2) is 41.5 Å². The van der Waals surface area contributed by atoms with E-state index in [1.807, 2.05) is 18.2 Å². The van der Waals surface area contributed by atoms with Crippen molar-refractivity contribution in [2.45, 2.75) is 32.3 Å². The molecule has 1 heterocycles. The molecule has 0 saturated carbocycles. The van der Waals surface area contributed by atoms with E-state index in [4.69, 9.17) is 14.2 Å². The maximum atomic E-state index is 12.4. The number of phenols is 1. The van der Waals surface area contributed by atoms with E-state index in [1.54, 1.807) is 12.1 Å². The number of benzene rings is 2. The number of nitrogens with zero attached hydrogens (tertiary/aromatic N) is 1. The van der Waals surface area contributed by atoms with Crippen molar-refractivity contribution in [2.24, 2.45) is 5.10 Å². The van der Waals surface area contributed by atoms with Crippen LogP contribution in [-0.4, -0.2) is 37.0 Å². The molecule has 1 aliphatic heterocycles. The fourth-order valence-corrected chi connectivity index (χ4v) is 2.68. The molecule has 0 aromatic heterocycles. The number of nitrogens with one attached hydrogen (secondary N) is 1. The van der Waals surface area contributed by atoms with Crippen molar-refractivity contribution in [3.8, 4) is 23.0 Å². The number of carbonyl (C=O) groups is 1. The Hall–Kier alpha value is -3.22. The zero-order valence-corrected chi connectivity index (χ0v) is 16.4. The van der Waals surface area contributed by atoms with E-state index in [9.17, 15) is 9.90 Å². The number of carbonyl (C=O) groups excluding carboxylic acids is 1. The Bertz CT molecular complexity index is 902. The molecule has 2 aromatic rings.